The number of imide groups is 1. The molecule has 3 aromatic rings. The molecule has 0 spiro atoms. The Kier molecular flexibility index (Phi) is 6.42. The predicted octanol–water partition coefficient (Wildman–Crippen LogP) is 4.58. The minimum absolute atomic E-state index is 0.176. The van der Waals surface area contributed by atoms with Gasteiger partial charge < -0.3 is 10.6 Å². The highest BCUT2D eigenvalue weighted by atomic mass is 79.9. The molecule has 2 saturated heterocycles. The summed E-state index contributed by atoms with van der Waals surface area (Å²) in [5, 5.41) is 8.48. The first kappa shape index (κ1) is 23.0. The van der Waals surface area contributed by atoms with Crippen molar-refractivity contribution in [2.75, 3.05) is 19.8 Å². The van der Waals surface area contributed by atoms with Gasteiger partial charge in [-0.15, -0.1) is 0 Å². The van der Waals surface area contributed by atoms with E-state index in [0.29, 0.717) is 12.6 Å². The summed E-state index contributed by atoms with van der Waals surface area (Å²) in [6, 6.07) is 22.4. The zero-order valence-corrected chi connectivity index (χ0v) is 20.8. The largest absolute Gasteiger partial charge is 0.325 e. The van der Waals surface area contributed by atoms with E-state index in [2.05, 4.69) is 55.7 Å². The number of benzene rings is 3. The SMILES string of the molecule is CC1(c2cccc3ccccc23)NC(=O)N(CCCC2CNCN2Cc2ccc(Br)cc2)C1=O. The van der Waals surface area contributed by atoms with E-state index in [1.807, 2.05) is 49.4 Å². The van der Waals surface area contributed by atoms with E-state index in [9.17, 15) is 9.59 Å². The van der Waals surface area contributed by atoms with Gasteiger partial charge in [-0.3, -0.25) is 14.6 Å². The Hall–Kier alpha value is -2.74. The molecule has 0 aromatic heterocycles. The molecule has 5 rings (SSSR count). The van der Waals surface area contributed by atoms with Crippen molar-refractivity contribution in [3.05, 3.63) is 82.3 Å². The van der Waals surface area contributed by atoms with Gasteiger partial charge in [0.25, 0.3) is 5.91 Å². The van der Waals surface area contributed by atoms with Crippen molar-refractivity contribution in [2.45, 2.75) is 37.9 Å². The second kappa shape index (κ2) is 9.49. The van der Waals surface area contributed by atoms with Crippen molar-refractivity contribution in [3.8, 4) is 0 Å². The normalized spacial score (nSPS) is 23.1. The number of nitrogens with one attached hydrogen (secondary N) is 2. The number of hydrogen-bond acceptors (Lipinski definition) is 4. The van der Waals surface area contributed by atoms with Crippen LogP contribution >= 0.6 is 15.9 Å². The average molecular weight is 521 g/mol. The Labute approximate surface area is 208 Å². The lowest BCUT2D eigenvalue weighted by molar-refractivity contribution is -0.131. The van der Waals surface area contributed by atoms with Crippen LogP contribution in [0.3, 0.4) is 0 Å². The van der Waals surface area contributed by atoms with Crippen LogP contribution < -0.4 is 10.6 Å². The molecule has 0 bridgehead atoms. The third-order valence-corrected chi connectivity index (χ3v) is 7.56. The fourth-order valence-electron chi connectivity index (χ4n) is 5.16. The van der Waals surface area contributed by atoms with E-state index in [1.54, 1.807) is 0 Å². The fraction of sp³-hybridized carbons (Fsp3) is 0.333. The maximum Gasteiger partial charge on any atom is 0.325 e. The Morgan fingerprint density at radius 1 is 1.03 bits per heavy atom. The fourth-order valence-corrected chi connectivity index (χ4v) is 5.42. The molecule has 2 fully saturated rings. The van der Waals surface area contributed by atoms with E-state index in [-0.39, 0.29) is 11.9 Å². The van der Waals surface area contributed by atoms with E-state index >= 15 is 0 Å². The lowest BCUT2D eigenvalue weighted by atomic mass is 9.88. The third kappa shape index (κ3) is 4.35. The van der Waals surface area contributed by atoms with E-state index < -0.39 is 5.54 Å². The van der Waals surface area contributed by atoms with Crippen LogP contribution in [0.25, 0.3) is 10.8 Å². The van der Waals surface area contributed by atoms with Gasteiger partial charge >= 0.3 is 6.03 Å². The van der Waals surface area contributed by atoms with Crippen molar-refractivity contribution < 1.29 is 9.59 Å². The Morgan fingerprint density at radius 2 is 1.79 bits per heavy atom. The van der Waals surface area contributed by atoms with Crippen LogP contribution in [0.2, 0.25) is 0 Å². The zero-order chi connectivity index (χ0) is 23.7. The summed E-state index contributed by atoms with van der Waals surface area (Å²) in [6.45, 7) is 4.89. The van der Waals surface area contributed by atoms with E-state index in [4.69, 9.17) is 0 Å². The van der Waals surface area contributed by atoms with Crippen LogP contribution in [0, 0.1) is 0 Å². The average Bonchev–Trinajstić information content (AvgIpc) is 3.37. The molecule has 176 valence electrons. The molecule has 2 heterocycles. The highest BCUT2D eigenvalue weighted by Gasteiger charge is 2.49. The van der Waals surface area contributed by atoms with Crippen molar-refractivity contribution in [1.82, 2.24) is 20.4 Å². The molecular formula is C27H29BrN4O2. The monoisotopic (exact) mass is 520 g/mol. The summed E-state index contributed by atoms with van der Waals surface area (Å²) in [5.74, 6) is -0.176. The number of fused-ring (bicyclic) bond motifs is 1. The molecule has 2 N–H and O–H groups in total. The Balaban J connectivity index is 1.23. The van der Waals surface area contributed by atoms with Crippen LogP contribution in [-0.2, 0) is 16.9 Å². The van der Waals surface area contributed by atoms with Crippen LogP contribution in [0.4, 0.5) is 4.79 Å². The zero-order valence-electron chi connectivity index (χ0n) is 19.3. The van der Waals surface area contributed by atoms with Gasteiger partial charge in [-0.25, -0.2) is 4.79 Å². The van der Waals surface area contributed by atoms with Crippen LogP contribution in [-0.4, -0.2) is 47.5 Å². The van der Waals surface area contributed by atoms with Crippen LogP contribution in [0.1, 0.15) is 30.9 Å². The van der Waals surface area contributed by atoms with Crippen molar-refractivity contribution >= 4 is 38.6 Å². The maximum atomic E-state index is 13.5. The quantitative estimate of drug-likeness (QED) is 0.447. The third-order valence-electron chi connectivity index (χ3n) is 7.03. The van der Waals surface area contributed by atoms with E-state index in [0.717, 1.165) is 53.4 Å². The van der Waals surface area contributed by atoms with Crippen molar-refractivity contribution in [1.29, 1.82) is 0 Å². The minimum atomic E-state index is -1.06. The molecule has 3 aromatic carbocycles. The first-order chi connectivity index (χ1) is 16.5. The van der Waals surface area contributed by atoms with Crippen LogP contribution in [0.5, 0.6) is 0 Å². The molecule has 2 aliphatic heterocycles. The number of carbonyl (C=O) groups excluding carboxylic acids is 2. The standard InChI is InChI=1S/C27H29BrN4O2/c1-27(24-10-4-7-20-6-2-3-9-23(20)24)25(33)32(26(34)30-27)15-5-8-22-16-29-18-31(22)17-19-11-13-21(28)14-12-19/h2-4,6-7,9-14,22,29H,5,8,15-18H2,1H3,(H,30,34). The van der Waals surface area contributed by atoms with Gasteiger partial charge in [-0.1, -0.05) is 70.5 Å². The number of carbonyl (C=O) groups is 2. The number of amides is 3. The lowest BCUT2D eigenvalue weighted by Gasteiger charge is -2.25. The summed E-state index contributed by atoms with van der Waals surface area (Å²) in [6.07, 6.45) is 1.69. The number of rotatable bonds is 7. The lowest BCUT2D eigenvalue weighted by Crippen LogP contribution is -2.41. The smallest absolute Gasteiger partial charge is 0.319 e. The van der Waals surface area contributed by atoms with Gasteiger partial charge in [0.1, 0.15) is 5.54 Å². The topological polar surface area (TPSA) is 64.7 Å². The molecular weight excluding hydrogens is 492 g/mol. The van der Waals surface area contributed by atoms with Gasteiger partial charge in [0, 0.05) is 36.8 Å². The van der Waals surface area contributed by atoms with Gasteiger partial charge in [0.05, 0.1) is 0 Å². The maximum absolute atomic E-state index is 13.5. The summed E-state index contributed by atoms with van der Waals surface area (Å²) in [7, 11) is 0. The second-order valence-electron chi connectivity index (χ2n) is 9.32. The molecule has 7 heteroatoms. The molecule has 2 aliphatic rings. The second-order valence-corrected chi connectivity index (χ2v) is 10.2. The number of urea groups is 1. The molecule has 3 amide bonds. The molecule has 2 unspecified atom stereocenters. The van der Waals surface area contributed by atoms with Gasteiger partial charge in [-0.05, 0) is 53.8 Å². The first-order valence-corrected chi connectivity index (χ1v) is 12.6. The van der Waals surface area contributed by atoms with E-state index in [1.165, 1.54) is 10.5 Å². The molecule has 34 heavy (non-hydrogen) atoms. The van der Waals surface area contributed by atoms with Crippen LogP contribution in [0.15, 0.2) is 71.2 Å². The summed E-state index contributed by atoms with van der Waals surface area (Å²) in [5.41, 5.74) is 1.06. The number of hydrogen-bond donors (Lipinski definition) is 2. The first-order valence-electron chi connectivity index (χ1n) is 11.8. The number of nitrogens with zero attached hydrogens (tertiary/aromatic N) is 2. The molecule has 2 atom stereocenters. The predicted molar refractivity (Wildman–Crippen MR) is 137 cm³/mol. The Bertz CT molecular complexity index is 1210. The Morgan fingerprint density at radius 3 is 2.62 bits per heavy atom. The molecule has 0 radical (unpaired) electrons. The van der Waals surface area contributed by atoms with Gasteiger partial charge in [0.15, 0.2) is 0 Å². The highest BCUT2D eigenvalue weighted by molar-refractivity contribution is 9.10. The number of halogens is 1. The molecule has 0 aliphatic carbocycles. The van der Waals surface area contributed by atoms with Gasteiger partial charge in [-0.2, -0.15) is 0 Å². The minimum Gasteiger partial charge on any atom is -0.319 e. The van der Waals surface area contributed by atoms with Crippen molar-refractivity contribution in [2.24, 2.45) is 0 Å². The molecule has 0 saturated carbocycles. The highest BCUT2D eigenvalue weighted by Crippen LogP contribution is 2.34. The summed E-state index contributed by atoms with van der Waals surface area (Å²) < 4.78 is 1.08. The summed E-state index contributed by atoms with van der Waals surface area (Å²) >= 11 is 3.49. The van der Waals surface area contributed by atoms with Crippen molar-refractivity contribution in [3.63, 3.8) is 0 Å². The molecule has 6 nitrogen and oxygen atoms in total. The summed E-state index contributed by atoms with van der Waals surface area (Å²) in [4.78, 5) is 30.1. The van der Waals surface area contributed by atoms with Gasteiger partial charge in [0.2, 0.25) is 0 Å².